The summed E-state index contributed by atoms with van der Waals surface area (Å²) in [6.07, 6.45) is -0.0532. The minimum atomic E-state index is -1.38. The number of hydrogen-bond acceptors (Lipinski definition) is 2. The molecule has 0 aromatic heterocycles. The summed E-state index contributed by atoms with van der Waals surface area (Å²) in [6.45, 7) is 0. The van der Waals surface area contributed by atoms with E-state index in [1.807, 2.05) is 0 Å². The molecule has 1 aliphatic heterocycles. The molecule has 1 heterocycles. The molecule has 2 nitrogen and oxygen atoms in total. The molecule has 10 heavy (non-hydrogen) atoms. The monoisotopic (exact) mass is 202 g/mol. The maximum absolute atomic E-state index is 10.7. The lowest BCUT2D eigenvalue weighted by Gasteiger charge is -2.02. The van der Waals surface area contributed by atoms with Gasteiger partial charge in [0.1, 0.15) is 6.10 Å². The van der Waals surface area contributed by atoms with Gasteiger partial charge in [-0.05, 0) is 0 Å². The van der Waals surface area contributed by atoms with Crippen LogP contribution in [0.15, 0.2) is 0 Å². The number of rotatable bonds is 1. The normalized spacial score (nSPS) is 30.3. The zero-order valence-corrected chi connectivity index (χ0v) is 7.21. The van der Waals surface area contributed by atoms with Crippen LogP contribution in [0.5, 0.6) is 0 Å². The predicted molar refractivity (Wildman–Crippen MR) is 39.7 cm³/mol. The van der Waals surface area contributed by atoms with Crippen molar-refractivity contribution in [1.82, 2.24) is 0 Å². The highest BCUT2D eigenvalue weighted by Gasteiger charge is 2.45. The second kappa shape index (κ2) is 2.76. The van der Waals surface area contributed by atoms with Crippen molar-refractivity contribution < 1.29 is 9.53 Å². The van der Waals surface area contributed by atoms with Crippen molar-refractivity contribution >= 4 is 40.8 Å². The van der Waals surface area contributed by atoms with Gasteiger partial charge >= 0.3 is 5.97 Å². The molecule has 0 amide bonds. The molecular weight excluding hydrogens is 198 g/mol. The van der Waals surface area contributed by atoms with Crippen LogP contribution in [-0.4, -0.2) is 22.3 Å². The minimum absolute atomic E-state index is 0.243. The van der Waals surface area contributed by atoms with E-state index in [1.165, 1.54) is 0 Å². The summed E-state index contributed by atoms with van der Waals surface area (Å²) in [6, 6.07) is 0. The van der Waals surface area contributed by atoms with Crippen molar-refractivity contribution in [3.63, 3.8) is 0 Å². The Bertz CT molecular complexity index is 157. The molecule has 0 aromatic rings. The van der Waals surface area contributed by atoms with Gasteiger partial charge in [-0.2, -0.15) is 0 Å². The SMILES string of the molecule is O=C1OC(CCl)CC1(Cl)Cl. The Morgan fingerprint density at radius 1 is 1.70 bits per heavy atom. The summed E-state index contributed by atoms with van der Waals surface area (Å²) >= 11 is 16.5. The molecule has 58 valence electrons. The second-order valence-corrected chi connectivity index (χ2v) is 3.88. The third-order valence-corrected chi connectivity index (χ3v) is 2.19. The number of carbonyl (C=O) groups excluding carboxylic acids is 1. The first-order valence-electron chi connectivity index (χ1n) is 2.71. The lowest BCUT2D eigenvalue weighted by Crippen LogP contribution is -2.18. The summed E-state index contributed by atoms with van der Waals surface area (Å²) in [5, 5.41) is 0. The van der Waals surface area contributed by atoms with Crippen LogP contribution in [0, 0.1) is 0 Å². The van der Waals surface area contributed by atoms with Gasteiger partial charge in [0, 0.05) is 6.42 Å². The molecule has 1 rings (SSSR count). The van der Waals surface area contributed by atoms with Crippen LogP contribution in [0.3, 0.4) is 0 Å². The number of hydrogen-bond donors (Lipinski definition) is 0. The molecule has 1 atom stereocenters. The van der Waals surface area contributed by atoms with E-state index in [4.69, 9.17) is 39.5 Å². The minimum Gasteiger partial charge on any atom is -0.459 e. The van der Waals surface area contributed by atoms with Crippen molar-refractivity contribution in [3.05, 3.63) is 0 Å². The van der Waals surface area contributed by atoms with Gasteiger partial charge in [0.25, 0.3) is 0 Å². The second-order valence-electron chi connectivity index (χ2n) is 2.09. The van der Waals surface area contributed by atoms with Crippen LogP contribution in [0.25, 0.3) is 0 Å². The Balaban J connectivity index is 2.62. The van der Waals surface area contributed by atoms with Gasteiger partial charge in [0.05, 0.1) is 5.88 Å². The predicted octanol–water partition coefficient (Wildman–Crippen LogP) is 1.71. The third kappa shape index (κ3) is 1.49. The average molecular weight is 203 g/mol. The van der Waals surface area contributed by atoms with Crippen LogP contribution < -0.4 is 0 Å². The smallest absolute Gasteiger partial charge is 0.343 e. The van der Waals surface area contributed by atoms with Crippen molar-refractivity contribution in [2.75, 3.05) is 5.88 Å². The van der Waals surface area contributed by atoms with E-state index in [0.29, 0.717) is 0 Å². The zero-order valence-electron chi connectivity index (χ0n) is 4.94. The molecule has 1 saturated heterocycles. The highest BCUT2D eigenvalue weighted by molar-refractivity contribution is 6.57. The molecule has 1 unspecified atom stereocenters. The van der Waals surface area contributed by atoms with E-state index >= 15 is 0 Å². The molecule has 0 spiro atoms. The molecule has 0 aliphatic carbocycles. The molecule has 0 N–H and O–H groups in total. The van der Waals surface area contributed by atoms with E-state index in [1.54, 1.807) is 0 Å². The van der Waals surface area contributed by atoms with E-state index in [-0.39, 0.29) is 18.4 Å². The molecule has 1 aliphatic rings. The molecule has 5 heteroatoms. The van der Waals surface area contributed by atoms with Gasteiger partial charge in [-0.3, -0.25) is 0 Å². The molecule has 0 bridgehead atoms. The zero-order chi connectivity index (χ0) is 7.78. The Labute approximate surface area is 73.4 Å². The van der Waals surface area contributed by atoms with Crippen molar-refractivity contribution in [2.45, 2.75) is 16.9 Å². The first-order chi connectivity index (χ1) is 4.56. The Kier molecular flexibility index (Phi) is 2.33. The van der Waals surface area contributed by atoms with Gasteiger partial charge in [-0.1, -0.05) is 23.2 Å². The number of alkyl halides is 3. The fourth-order valence-corrected chi connectivity index (χ4v) is 1.34. The number of carbonyl (C=O) groups is 1. The van der Waals surface area contributed by atoms with Gasteiger partial charge in [0.15, 0.2) is 0 Å². The molecule has 0 radical (unpaired) electrons. The highest BCUT2D eigenvalue weighted by Crippen LogP contribution is 2.35. The summed E-state index contributed by atoms with van der Waals surface area (Å²) in [5.41, 5.74) is 0. The van der Waals surface area contributed by atoms with Gasteiger partial charge < -0.3 is 4.74 Å². The van der Waals surface area contributed by atoms with E-state index in [2.05, 4.69) is 0 Å². The number of halogens is 3. The largest absolute Gasteiger partial charge is 0.459 e. The van der Waals surface area contributed by atoms with E-state index in [0.717, 1.165) is 0 Å². The Morgan fingerprint density at radius 3 is 2.50 bits per heavy atom. The standard InChI is InChI=1S/C5H5Cl3O2/c6-2-3-1-5(7,8)4(9)10-3/h3H,1-2H2. The Morgan fingerprint density at radius 2 is 2.30 bits per heavy atom. The van der Waals surface area contributed by atoms with Crippen LogP contribution in [0.2, 0.25) is 0 Å². The van der Waals surface area contributed by atoms with Gasteiger partial charge in [-0.25, -0.2) is 4.79 Å². The average Bonchev–Trinajstić information content (AvgIpc) is 2.08. The summed E-state index contributed by atoms with van der Waals surface area (Å²) < 4.78 is 3.32. The first-order valence-corrected chi connectivity index (χ1v) is 4.00. The fourth-order valence-electron chi connectivity index (χ4n) is 0.735. The molecule has 0 aromatic carbocycles. The molecule has 0 saturated carbocycles. The van der Waals surface area contributed by atoms with Crippen molar-refractivity contribution in [2.24, 2.45) is 0 Å². The quantitative estimate of drug-likeness (QED) is 0.479. The van der Waals surface area contributed by atoms with Crippen LogP contribution in [0.1, 0.15) is 6.42 Å². The maximum atomic E-state index is 10.7. The number of cyclic esters (lactones) is 1. The van der Waals surface area contributed by atoms with Crippen LogP contribution in [-0.2, 0) is 9.53 Å². The van der Waals surface area contributed by atoms with E-state index < -0.39 is 10.3 Å². The highest BCUT2D eigenvalue weighted by atomic mass is 35.5. The first kappa shape index (κ1) is 8.44. The molecule has 1 fully saturated rings. The molecular formula is C5H5Cl3O2. The maximum Gasteiger partial charge on any atom is 0.343 e. The van der Waals surface area contributed by atoms with Gasteiger partial charge in [-0.15, -0.1) is 11.6 Å². The van der Waals surface area contributed by atoms with E-state index in [9.17, 15) is 4.79 Å². The number of esters is 1. The Hall–Kier alpha value is 0.340. The van der Waals surface area contributed by atoms with Gasteiger partial charge in [0.2, 0.25) is 4.33 Å². The summed E-state index contributed by atoms with van der Waals surface area (Å²) in [5.74, 6) is -0.353. The van der Waals surface area contributed by atoms with Crippen LogP contribution in [0.4, 0.5) is 0 Å². The third-order valence-electron chi connectivity index (χ3n) is 1.23. The summed E-state index contributed by atoms with van der Waals surface area (Å²) in [4.78, 5) is 10.7. The van der Waals surface area contributed by atoms with Crippen molar-refractivity contribution in [1.29, 1.82) is 0 Å². The lowest BCUT2D eigenvalue weighted by molar-refractivity contribution is -0.141. The fraction of sp³-hybridized carbons (Fsp3) is 0.800. The van der Waals surface area contributed by atoms with Crippen LogP contribution >= 0.6 is 34.8 Å². The summed E-state index contributed by atoms with van der Waals surface area (Å²) in [7, 11) is 0. The van der Waals surface area contributed by atoms with Crippen molar-refractivity contribution in [3.8, 4) is 0 Å². The number of ether oxygens (including phenoxy) is 1. The lowest BCUT2D eigenvalue weighted by atomic mass is 10.2. The topological polar surface area (TPSA) is 26.3 Å².